The molecular weight excluding hydrogens is 372 g/mol. The normalized spacial score (nSPS) is 49.4. The molecule has 4 unspecified atom stereocenters. The van der Waals surface area contributed by atoms with Gasteiger partial charge in [-0.1, -0.05) is 13.8 Å². The smallest absolute Gasteiger partial charge is 0.0832 e. The maximum absolute atomic E-state index is 10.8. The summed E-state index contributed by atoms with van der Waals surface area (Å²) in [7, 11) is 4.32. The van der Waals surface area contributed by atoms with E-state index in [-0.39, 0.29) is 5.41 Å². The highest BCUT2D eigenvalue weighted by atomic mass is 16.3. The molecule has 0 aliphatic heterocycles. The van der Waals surface area contributed by atoms with Crippen molar-refractivity contribution in [2.75, 3.05) is 27.2 Å². The number of hydrogen-bond acceptors (Lipinski definition) is 4. The predicted molar refractivity (Wildman–Crippen MR) is 123 cm³/mol. The number of fused-ring (bicyclic) bond motifs is 5. The van der Waals surface area contributed by atoms with Crippen LogP contribution in [0.2, 0.25) is 0 Å². The van der Waals surface area contributed by atoms with E-state index >= 15 is 0 Å². The van der Waals surface area contributed by atoms with Crippen LogP contribution in [-0.4, -0.2) is 60.5 Å². The van der Waals surface area contributed by atoms with Crippen molar-refractivity contribution < 1.29 is 10.2 Å². The van der Waals surface area contributed by atoms with E-state index < -0.39 is 12.2 Å². The van der Waals surface area contributed by atoms with Crippen LogP contribution in [0.1, 0.15) is 78.6 Å². The molecule has 0 amide bonds. The SMILES string of the molecule is CC(NCCCN(C)C)[C@H]1CC[C@H]2[C@@H]3CCC4C(O)C(O)CC[C@]4(C)[C@H]3CC[C@]12C. The summed E-state index contributed by atoms with van der Waals surface area (Å²) in [6, 6.07) is 0.609. The van der Waals surface area contributed by atoms with Crippen LogP contribution in [0.3, 0.4) is 0 Å². The minimum atomic E-state index is -0.499. The second-order valence-electron chi connectivity index (χ2n) is 12.3. The fraction of sp³-hybridized carbons (Fsp3) is 1.00. The summed E-state index contributed by atoms with van der Waals surface area (Å²) in [6.07, 6.45) is 9.98. The molecule has 0 heterocycles. The topological polar surface area (TPSA) is 55.7 Å². The molecule has 0 aromatic carbocycles. The van der Waals surface area contributed by atoms with Crippen LogP contribution in [0.25, 0.3) is 0 Å². The lowest BCUT2D eigenvalue weighted by Crippen LogP contribution is -2.58. The highest BCUT2D eigenvalue weighted by Crippen LogP contribution is 2.67. The van der Waals surface area contributed by atoms with Crippen LogP contribution in [0.5, 0.6) is 0 Å². The summed E-state index contributed by atoms with van der Waals surface area (Å²) in [4.78, 5) is 2.28. The molecular formula is C26H48N2O2. The van der Waals surface area contributed by atoms with E-state index in [4.69, 9.17) is 0 Å². The fourth-order valence-corrected chi connectivity index (χ4v) is 9.04. The minimum Gasteiger partial charge on any atom is -0.390 e. The Morgan fingerprint density at radius 1 is 0.900 bits per heavy atom. The Balaban J connectivity index is 1.44. The number of aliphatic hydroxyl groups excluding tert-OH is 2. The Bertz CT molecular complexity index is 598. The van der Waals surface area contributed by atoms with Gasteiger partial charge in [0.1, 0.15) is 0 Å². The number of hydrogen-bond donors (Lipinski definition) is 3. The number of aliphatic hydroxyl groups is 2. The zero-order chi connectivity index (χ0) is 21.7. The van der Waals surface area contributed by atoms with Crippen molar-refractivity contribution in [3.05, 3.63) is 0 Å². The molecule has 0 saturated heterocycles. The third-order valence-corrected chi connectivity index (χ3v) is 10.7. The first-order valence-corrected chi connectivity index (χ1v) is 12.9. The molecule has 0 aromatic rings. The molecule has 174 valence electrons. The van der Waals surface area contributed by atoms with Gasteiger partial charge in [-0.15, -0.1) is 0 Å². The van der Waals surface area contributed by atoms with Gasteiger partial charge in [0, 0.05) is 6.04 Å². The maximum Gasteiger partial charge on any atom is 0.0832 e. The Hall–Kier alpha value is -0.160. The summed E-state index contributed by atoms with van der Waals surface area (Å²) in [5.74, 6) is 3.54. The average molecular weight is 421 g/mol. The molecule has 3 N–H and O–H groups in total. The van der Waals surface area contributed by atoms with Gasteiger partial charge in [-0.3, -0.25) is 0 Å². The number of nitrogens with zero attached hydrogens (tertiary/aromatic N) is 1. The molecule has 4 heteroatoms. The van der Waals surface area contributed by atoms with Crippen molar-refractivity contribution in [3.8, 4) is 0 Å². The molecule has 4 rings (SSSR count). The lowest BCUT2D eigenvalue weighted by atomic mass is 9.44. The van der Waals surface area contributed by atoms with E-state index in [1.165, 1.54) is 38.5 Å². The van der Waals surface area contributed by atoms with Crippen LogP contribution in [0.4, 0.5) is 0 Å². The van der Waals surface area contributed by atoms with Gasteiger partial charge in [-0.2, -0.15) is 0 Å². The number of rotatable bonds is 6. The van der Waals surface area contributed by atoms with Crippen molar-refractivity contribution in [2.24, 2.45) is 40.4 Å². The van der Waals surface area contributed by atoms with Crippen molar-refractivity contribution >= 4 is 0 Å². The van der Waals surface area contributed by atoms with Crippen molar-refractivity contribution in [2.45, 2.75) is 96.8 Å². The van der Waals surface area contributed by atoms with Gasteiger partial charge in [-0.25, -0.2) is 0 Å². The Morgan fingerprint density at radius 3 is 2.30 bits per heavy atom. The molecule has 4 nitrogen and oxygen atoms in total. The molecule has 0 aromatic heterocycles. The summed E-state index contributed by atoms with van der Waals surface area (Å²) in [6.45, 7) is 9.82. The second kappa shape index (κ2) is 8.65. The van der Waals surface area contributed by atoms with Crippen molar-refractivity contribution in [3.63, 3.8) is 0 Å². The van der Waals surface area contributed by atoms with Crippen LogP contribution in [-0.2, 0) is 0 Å². The van der Waals surface area contributed by atoms with Gasteiger partial charge in [0.15, 0.2) is 0 Å². The first-order valence-electron chi connectivity index (χ1n) is 12.9. The second-order valence-corrected chi connectivity index (χ2v) is 12.3. The third kappa shape index (κ3) is 3.78. The zero-order valence-electron chi connectivity index (χ0n) is 20.2. The molecule has 4 aliphatic rings. The largest absolute Gasteiger partial charge is 0.390 e. The van der Waals surface area contributed by atoms with Gasteiger partial charge >= 0.3 is 0 Å². The zero-order valence-corrected chi connectivity index (χ0v) is 20.2. The molecule has 4 saturated carbocycles. The molecule has 4 aliphatic carbocycles. The summed E-state index contributed by atoms with van der Waals surface area (Å²) < 4.78 is 0. The Kier molecular flexibility index (Phi) is 6.63. The van der Waals surface area contributed by atoms with E-state index in [0.717, 1.165) is 56.0 Å². The van der Waals surface area contributed by atoms with Crippen LogP contribution < -0.4 is 5.32 Å². The summed E-state index contributed by atoms with van der Waals surface area (Å²) in [5, 5.41) is 24.9. The fourth-order valence-electron chi connectivity index (χ4n) is 9.04. The monoisotopic (exact) mass is 420 g/mol. The standard InChI is InChI=1S/C26H48N2O2/c1-17(27-15-6-16-28(4)5)19-9-10-20-18-7-8-22-24(30)23(29)12-14-26(22,3)21(18)11-13-25(19,20)2/h17-24,27,29-30H,6-16H2,1-5H3/t17?,18-,19+,20-,21-,22?,23?,24?,25+,26+/m0/s1. The Morgan fingerprint density at radius 2 is 1.57 bits per heavy atom. The van der Waals surface area contributed by atoms with Crippen LogP contribution in [0.15, 0.2) is 0 Å². The molecule has 0 spiro atoms. The first kappa shape index (κ1) is 23.0. The van der Waals surface area contributed by atoms with Gasteiger partial charge in [-0.05, 0) is 132 Å². The van der Waals surface area contributed by atoms with E-state index in [9.17, 15) is 10.2 Å². The minimum absolute atomic E-state index is 0.233. The lowest BCUT2D eigenvalue weighted by Gasteiger charge is -2.62. The highest BCUT2D eigenvalue weighted by molar-refractivity contribution is 5.11. The van der Waals surface area contributed by atoms with Gasteiger partial charge in [0.25, 0.3) is 0 Å². The molecule has 0 radical (unpaired) electrons. The highest BCUT2D eigenvalue weighted by Gasteiger charge is 2.61. The summed E-state index contributed by atoms with van der Waals surface area (Å²) >= 11 is 0. The van der Waals surface area contributed by atoms with E-state index in [0.29, 0.717) is 17.4 Å². The quantitative estimate of drug-likeness (QED) is 0.570. The third-order valence-electron chi connectivity index (χ3n) is 10.7. The van der Waals surface area contributed by atoms with Gasteiger partial charge < -0.3 is 20.4 Å². The molecule has 4 fully saturated rings. The Labute approximate surface area is 185 Å². The van der Waals surface area contributed by atoms with E-state index in [1.54, 1.807) is 0 Å². The first-order chi connectivity index (χ1) is 14.2. The summed E-state index contributed by atoms with van der Waals surface area (Å²) in [5.41, 5.74) is 0.710. The van der Waals surface area contributed by atoms with Crippen LogP contribution in [0, 0.1) is 40.4 Å². The van der Waals surface area contributed by atoms with Crippen molar-refractivity contribution in [1.82, 2.24) is 10.2 Å². The predicted octanol–water partition coefficient (Wildman–Crippen LogP) is 3.91. The van der Waals surface area contributed by atoms with E-state index in [1.807, 2.05) is 0 Å². The lowest BCUT2D eigenvalue weighted by molar-refractivity contribution is -0.174. The average Bonchev–Trinajstić information content (AvgIpc) is 3.05. The molecule has 10 atom stereocenters. The number of nitrogens with one attached hydrogen (secondary N) is 1. The maximum atomic E-state index is 10.8. The van der Waals surface area contributed by atoms with Gasteiger partial charge in [0.05, 0.1) is 12.2 Å². The molecule has 30 heavy (non-hydrogen) atoms. The van der Waals surface area contributed by atoms with E-state index in [2.05, 4.69) is 45.1 Å². The van der Waals surface area contributed by atoms with Crippen LogP contribution >= 0.6 is 0 Å². The van der Waals surface area contributed by atoms with Crippen molar-refractivity contribution in [1.29, 1.82) is 0 Å². The molecule has 0 bridgehead atoms. The van der Waals surface area contributed by atoms with Gasteiger partial charge in [0.2, 0.25) is 0 Å².